The van der Waals surface area contributed by atoms with Crippen molar-refractivity contribution >= 4 is 27.3 Å². The van der Waals surface area contributed by atoms with Crippen molar-refractivity contribution in [2.75, 3.05) is 19.6 Å². The number of hydrogen-bond donors (Lipinski definition) is 3. The predicted octanol–water partition coefficient (Wildman–Crippen LogP) is 0.661. The molecular weight excluding hydrogens is 348 g/mol. The number of nitrogens with one attached hydrogen (secondary N) is 2. The molecular formula is C15H20N4O3S2. The predicted molar refractivity (Wildman–Crippen MR) is 93.6 cm³/mol. The van der Waals surface area contributed by atoms with Gasteiger partial charge in [-0.15, -0.1) is 11.3 Å². The lowest BCUT2D eigenvalue weighted by Gasteiger charge is -2.07. The van der Waals surface area contributed by atoms with E-state index in [2.05, 4.69) is 15.0 Å². The molecule has 1 aromatic carbocycles. The van der Waals surface area contributed by atoms with Crippen molar-refractivity contribution in [3.63, 3.8) is 0 Å². The lowest BCUT2D eigenvalue weighted by atomic mass is 10.2. The van der Waals surface area contributed by atoms with Crippen molar-refractivity contribution in [2.24, 2.45) is 5.73 Å². The van der Waals surface area contributed by atoms with E-state index in [0.29, 0.717) is 18.7 Å². The second-order valence-corrected chi connectivity index (χ2v) is 7.84. The first-order chi connectivity index (χ1) is 11.4. The largest absolute Gasteiger partial charge is 0.349 e. The minimum absolute atomic E-state index is 0.0990. The van der Waals surface area contributed by atoms with Gasteiger partial charge < -0.3 is 11.1 Å². The molecule has 0 radical (unpaired) electrons. The van der Waals surface area contributed by atoms with Gasteiger partial charge >= 0.3 is 0 Å². The van der Waals surface area contributed by atoms with Crippen molar-refractivity contribution in [1.29, 1.82) is 0 Å². The summed E-state index contributed by atoms with van der Waals surface area (Å²) in [6.07, 6.45) is 0.633. The summed E-state index contributed by atoms with van der Waals surface area (Å²) in [4.78, 5) is 16.3. The number of carbonyl (C=O) groups excluding carboxylic acids is 1. The van der Waals surface area contributed by atoms with Crippen LogP contribution in [0.3, 0.4) is 0 Å². The second-order valence-electron chi connectivity index (χ2n) is 5.13. The molecule has 4 N–H and O–H groups in total. The minimum atomic E-state index is -3.57. The summed E-state index contributed by atoms with van der Waals surface area (Å²) in [5.41, 5.74) is 6.75. The molecule has 0 aliphatic heterocycles. The van der Waals surface area contributed by atoms with E-state index in [1.807, 2.05) is 6.92 Å². The first kappa shape index (κ1) is 18.5. The molecule has 9 heteroatoms. The fourth-order valence-electron chi connectivity index (χ4n) is 1.91. The zero-order valence-corrected chi connectivity index (χ0v) is 14.9. The van der Waals surface area contributed by atoms with Crippen LogP contribution >= 0.6 is 11.3 Å². The number of thiazole rings is 1. The summed E-state index contributed by atoms with van der Waals surface area (Å²) in [5, 5.41) is 5.11. The molecule has 0 fully saturated rings. The fourth-order valence-corrected chi connectivity index (χ4v) is 3.73. The quantitative estimate of drug-likeness (QED) is 0.592. The Kier molecular flexibility index (Phi) is 6.44. The van der Waals surface area contributed by atoms with Crippen molar-refractivity contribution in [1.82, 2.24) is 15.0 Å². The van der Waals surface area contributed by atoms with Crippen molar-refractivity contribution in [2.45, 2.75) is 18.2 Å². The van der Waals surface area contributed by atoms with E-state index >= 15 is 0 Å². The van der Waals surface area contributed by atoms with Gasteiger partial charge in [0.1, 0.15) is 5.69 Å². The Morgan fingerprint density at radius 2 is 1.96 bits per heavy atom. The molecule has 130 valence electrons. The maximum atomic E-state index is 12.1. The molecule has 0 unspecified atom stereocenters. The number of aromatic nitrogens is 1. The maximum absolute atomic E-state index is 12.1. The number of hydrogen-bond acceptors (Lipinski definition) is 6. The summed E-state index contributed by atoms with van der Waals surface area (Å²) in [6.45, 7) is 2.64. The van der Waals surface area contributed by atoms with Gasteiger partial charge in [0.15, 0.2) is 0 Å². The number of benzene rings is 1. The molecule has 0 bridgehead atoms. The van der Waals surface area contributed by atoms with Gasteiger partial charge in [0, 0.05) is 24.9 Å². The number of aryl methyl sites for hydroxylation is 1. The van der Waals surface area contributed by atoms with E-state index in [1.54, 1.807) is 29.6 Å². The lowest BCUT2D eigenvalue weighted by molar-refractivity contribution is 0.0950. The number of rotatable bonds is 8. The van der Waals surface area contributed by atoms with Crippen LogP contribution in [0, 0.1) is 6.92 Å². The smallest absolute Gasteiger partial charge is 0.270 e. The number of nitrogens with zero attached hydrogens (tertiary/aromatic N) is 1. The van der Waals surface area contributed by atoms with Gasteiger partial charge in [0.05, 0.1) is 9.90 Å². The van der Waals surface area contributed by atoms with Crippen molar-refractivity contribution in [3.05, 3.63) is 45.9 Å². The second kappa shape index (κ2) is 8.34. The van der Waals surface area contributed by atoms with Gasteiger partial charge in [-0.2, -0.15) is 0 Å². The molecule has 24 heavy (non-hydrogen) atoms. The zero-order chi connectivity index (χ0) is 17.6. The Morgan fingerprint density at radius 1 is 1.25 bits per heavy atom. The van der Waals surface area contributed by atoms with Gasteiger partial charge in [-0.05, 0) is 25.6 Å². The number of amides is 1. The Bertz CT molecular complexity index is 785. The van der Waals surface area contributed by atoms with Crippen LogP contribution in [0.4, 0.5) is 0 Å². The summed E-state index contributed by atoms with van der Waals surface area (Å²) < 4.78 is 26.6. The molecule has 2 rings (SSSR count). The van der Waals surface area contributed by atoms with Crippen molar-refractivity contribution < 1.29 is 13.2 Å². The molecule has 0 saturated carbocycles. The lowest BCUT2D eigenvalue weighted by Crippen LogP contribution is -2.34. The van der Waals surface area contributed by atoms with E-state index in [1.165, 1.54) is 11.3 Å². The maximum Gasteiger partial charge on any atom is 0.270 e. The molecule has 1 amide bonds. The topological polar surface area (TPSA) is 114 Å². The van der Waals surface area contributed by atoms with E-state index in [4.69, 9.17) is 5.73 Å². The summed E-state index contributed by atoms with van der Waals surface area (Å²) in [6, 6.07) is 6.56. The monoisotopic (exact) mass is 368 g/mol. The molecule has 1 aromatic heterocycles. The number of carbonyl (C=O) groups is 1. The molecule has 7 nitrogen and oxygen atoms in total. The normalized spacial score (nSPS) is 11.4. The van der Waals surface area contributed by atoms with Crippen LogP contribution < -0.4 is 15.8 Å². The van der Waals surface area contributed by atoms with Crippen LogP contribution in [0.2, 0.25) is 0 Å². The number of sulfonamides is 1. The third kappa shape index (κ3) is 5.10. The molecule has 0 aliphatic rings. The fraction of sp³-hybridized carbons (Fsp3) is 0.333. The first-order valence-electron chi connectivity index (χ1n) is 7.41. The average molecular weight is 368 g/mol. The highest BCUT2D eigenvalue weighted by Crippen LogP contribution is 2.10. The van der Waals surface area contributed by atoms with E-state index in [9.17, 15) is 13.2 Å². The highest BCUT2D eigenvalue weighted by molar-refractivity contribution is 7.89. The summed E-state index contributed by atoms with van der Waals surface area (Å²) in [7, 11) is -3.57. The molecule has 0 atom stereocenters. The van der Waals surface area contributed by atoms with Crippen LogP contribution in [-0.4, -0.2) is 38.9 Å². The van der Waals surface area contributed by atoms with Crippen LogP contribution in [-0.2, 0) is 16.4 Å². The van der Waals surface area contributed by atoms with E-state index in [0.717, 1.165) is 10.6 Å². The molecule has 1 heterocycles. The highest BCUT2D eigenvalue weighted by Gasteiger charge is 2.14. The van der Waals surface area contributed by atoms with Crippen LogP contribution in [0.25, 0.3) is 0 Å². The van der Waals surface area contributed by atoms with Gasteiger partial charge in [-0.3, -0.25) is 4.79 Å². The molecule has 0 spiro atoms. The van der Waals surface area contributed by atoms with Crippen LogP contribution in [0.1, 0.15) is 21.1 Å². The average Bonchev–Trinajstić information content (AvgIpc) is 3.01. The van der Waals surface area contributed by atoms with Gasteiger partial charge in [-0.1, -0.05) is 17.7 Å². The van der Waals surface area contributed by atoms with Crippen LogP contribution in [0.5, 0.6) is 0 Å². The zero-order valence-electron chi connectivity index (χ0n) is 13.3. The van der Waals surface area contributed by atoms with E-state index in [-0.39, 0.29) is 23.9 Å². The third-order valence-electron chi connectivity index (χ3n) is 3.18. The third-order valence-corrected chi connectivity index (χ3v) is 5.56. The summed E-state index contributed by atoms with van der Waals surface area (Å²) in [5.74, 6) is -0.330. The Hall–Kier alpha value is -1.81. The first-order valence-corrected chi connectivity index (χ1v) is 9.77. The van der Waals surface area contributed by atoms with Crippen LogP contribution in [0.15, 0.2) is 34.5 Å². The highest BCUT2D eigenvalue weighted by atomic mass is 32.2. The minimum Gasteiger partial charge on any atom is -0.349 e. The Labute approximate surface area is 145 Å². The van der Waals surface area contributed by atoms with E-state index < -0.39 is 10.0 Å². The Morgan fingerprint density at radius 3 is 2.62 bits per heavy atom. The van der Waals surface area contributed by atoms with Crippen molar-refractivity contribution in [3.8, 4) is 0 Å². The molecule has 0 saturated heterocycles. The Balaban J connectivity index is 1.81. The van der Waals surface area contributed by atoms with Gasteiger partial charge in [0.25, 0.3) is 5.91 Å². The van der Waals surface area contributed by atoms with Gasteiger partial charge in [0.2, 0.25) is 10.0 Å². The molecule has 2 aromatic rings. The van der Waals surface area contributed by atoms with Gasteiger partial charge in [-0.25, -0.2) is 18.1 Å². The number of nitrogens with two attached hydrogens (primary N) is 1. The molecule has 0 aliphatic carbocycles. The summed E-state index contributed by atoms with van der Waals surface area (Å²) >= 11 is 1.38. The SMILES string of the molecule is Cc1ccc(S(=O)(=O)NCCNC(=O)c2csc(CCN)n2)cc1. The standard InChI is InChI=1S/C15H20N4O3S2/c1-11-2-4-12(5-3-11)24(21,22)18-9-8-17-15(20)13-10-23-14(19-13)6-7-16/h2-5,10,18H,6-9,16H2,1H3,(H,17,20).